The van der Waals surface area contributed by atoms with Crippen molar-refractivity contribution in [2.45, 2.75) is 0 Å². The molecule has 0 spiro atoms. The zero-order valence-corrected chi connectivity index (χ0v) is 15.4. The number of aryl methyl sites for hydroxylation is 1. The number of carbonyl (C=O) groups is 1. The van der Waals surface area contributed by atoms with Crippen molar-refractivity contribution in [3.8, 4) is 22.8 Å². The number of nitrogens with zero attached hydrogens (tertiary/aromatic N) is 3. The number of anilines is 2. The number of aromatic nitrogens is 3. The predicted octanol–water partition coefficient (Wildman–Crippen LogP) is 2.34. The van der Waals surface area contributed by atoms with Gasteiger partial charge in [-0.15, -0.1) is 11.3 Å². The smallest absolute Gasteiger partial charge is 0.302 e. The average molecular weight is 396 g/mol. The lowest BCUT2D eigenvalue weighted by atomic mass is 10.1. The monoisotopic (exact) mass is 396 g/mol. The SMILES string of the molecule is C[n+]1cc(NC(=O)c2sc3nc(-c4ccc5c(c4)OCO5)ccc3c2N)on1. The number of pyridine rings is 1. The van der Waals surface area contributed by atoms with Gasteiger partial charge in [0, 0.05) is 10.9 Å². The molecule has 28 heavy (non-hydrogen) atoms. The van der Waals surface area contributed by atoms with Crippen LogP contribution in [0, 0.1) is 0 Å². The van der Waals surface area contributed by atoms with Gasteiger partial charge in [-0.1, -0.05) is 4.68 Å². The second-order valence-corrected chi connectivity index (χ2v) is 7.16. The Bertz CT molecular complexity index is 1230. The van der Waals surface area contributed by atoms with Gasteiger partial charge in [0.05, 0.1) is 11.4 Å². The number of nitrogen functional groups attached to an aromatic ring is 1. The van der Waals surface area contributed by atoms with Crippen molar-refractivity contribution in [2.24, 2.45) is 7.05 Å². The molecule has 3 N–H and O–H groups in total. The molecule has 3 aromatic heterocycles. The van der Waals surface area contributed by atoms with Crippen molar-refractivity contribution in [1.29, 1.82) is 0 Å². The van der Waals surface area contributed by atoms with E-state index in [4.69, 9.17) is 19.7 Å². The zero-order valence-electron chi connectivity index (χ0n) is 14.6. The van der Waals surface area contributed by atoms with E-state index >= 15 is 0 Å². The molecule has 0 bridgehead atoms. The van der Waals surface area contributed by atoms with Gasteiger partial charge in [0.25, 0.3) is 12.1 Å². The molecule has 4 aromatic rings. The molecule has 0 atom stereocenters. The maximum atomic E-state index is 12.6. The summed E-state index contributed by atoms with van der Waals surface area (Å²) in [6.07, 6.45) is 1.55. The summed E-state index contributed by atoms with van der Waals surface area (Å²) >= 11 is 1.22. The van der Waals surface area contributed by atoms with Gasteiger partial charge < -0.3 is 15.2 Å². The molecule has 0 unspecified atom stereocenters. The van der Waals surface area contributed by atoms with Crippen molar-refractivity contribution < 1.29 is 23.5 Å². The summed E-state index contributed by atoms with van der Waals surface area (Å²) in [5.74, 6) is 1.26. The lowest BCUT2D eigenvalue weighted by Crippen LogP contribution is -2.28. The van der Waals surface area contributed by atoms with Crippen LogP contribution in [-0.4, -0.2) is 23.0 Å². The topological polar surface area (TPSA) is 116 Å². The highest BCUT2D eigenvalue weighted by Crippen LogP contribution is 2.38. The molecule has 9 nitrogen and oxygen atoms in total. The zero-order chi connectivity index (χ0) is 19.3. The van der Waals surface area contributed by atoms with Crippen LogP contribution in [0.3, 0.4) is 0 Å². The second-order valence-electron chi connectivity index (χ2n) is 6.16. The van der Waals surface area contributed by atoms with Gasteiger partial charge in [-0.25, -0.2) is 4.98 Å². The van der Waals surface area contributed by atoms with Gasteiger partial charge in [0.15, 0.2) is 23.8 Å². The molecule has 0 fully saturated rings. The van der Waals surface area contributed by atoms with E-state index in [0.717, 1.165) is 16.6 Å². The lowest BCUT2D eigenvalue weighted by Gasteiger charge is -2.03. The molecule has 1 aromatic carbocycles. The quantitative estimate of drug-likeness (QED) is 0.511. The second kappa shape index (κ2) is 6.20. The average Bonchev–Trinajstić information content (AvgIpc) is 3.40. The van der Waals surface area contributed by atoms with Crippen LogP contribution in [0.5, 0.6) is 11.5 Å². The van der Waals surface area contributed by atoms with E-state index in [1.54, 1.807) is 13.2 Å². The fourth-order valence-electron chi connectivity index (χ4n) is 2.93. The van der Waals surface area contributed by atoms with Crippen LogP contribution in [0.4, 0.5) is 11.6 Å². The molecule has 0 saturated heterocycles. The van der Waals surface area contributed by atoms with Gasteiger partial charge in [-0.3, -0.25) is 14.6 Å². The molecule has 0 saturated carbocycles. The fraction of sp³-hybridized carbons (Fsp3) is 0.111. The fourth-order valence-corrected chi connectivity index (χ4v) is 3.92. The molecule has 1 aliphatic rings. The third kappa shape index (κ3) is 2.70. The Morgan fingerprint density at radius 3 is 2.93 bits per heavy atom. The van der Waals surface area contributed by atoms with Gasteiger partial charge >= 0.3 is 5.88 Å². The predicted molar refractivity (Wildman–Crippen MR) is 101 cm³/mol. The van der Waals surface area contributed by atoms with E-state index in [2.05, 4.69) is 15.6 Å². The summed E-state index contributed by atoms with van der Waals surface area (Å²) in [5.41, 5.74) is 8.20. The van der Waals surface area contributed by atoms with E-state index in [0.29, 0.717) is 26.9 Å². The summed E-state index contributed by atoms with van der Waals surface area (Å²) in [4.78, 5) is 18.3. The summed E-state index contributed by atoms with van der Waals surface area (Å²) in [7, 11) is 1.69. The Morgan fingerprint density at radius 2 is 2.11 bits per heavy atom. The number of benzene rings is 1. The number of nitrogens with two attached hydrogens (primary N) is 1. The molecule has 1 aliphatic heterocycles. The minimum atomic E-state index is -0.373. The van der Waals surface area contributed by atoms with Crippen LogP contribution in [-0.2, 0) is 7.05 Å². The van der Waals surface area contributed by atoms with Gasteiger partial charge in [-0.05, 0) is 30.3 Å². The third-order valence-corrected chi connectivity index (χ3v) is 5.39. The van der Waals surface area contributed by atoms with Crippen molar-refractivity contribution in [3.63, 3.8) is 0 Å². The highest BCUT2D eigenvalue weighted by Gasteiger charge is 2.21. The van der Waals surface area contributed by atoms with Crippen LogP contribution in [0.15, 0.2) is 41.1 Å². The van der Waals surface area contributed by atoms with E-state index in [9.17, 15) is 4.79 Å². The number of nitrogens with one attached hydrogen (secondary N) is 1. The van der Waals surface area contributed by atoms with Gasteiger partial charge in [-0.2, -0.15) is 0 Å². The maximum Gasteiger partial charge on any atom is 0.302 e. The van der Waals surface area contributed by atoms with E-state index in [-0.39, 0.29) is 18.6 Å². The summed E-state index contributed by atoms with van der Waals surface area (Å²) in [5, 5.41) is 7.03. The van der Waals surface area contributed by atoms with Crippen molar-refractivity contribution in [2.75, 3.05) is 17.8 Å². The molecule has 10 heteroatoms. The summed E-state index contributed by atoms with van der Waals surface area (Å²) in [6, 6.07) is 9.37. The molecule has 1 amide bonds. The summed E-state index contributed by atoms with van der Waals surface area (Å²) in [6.45, 7) is 0.217. The Morgan fingerprint density at radius 1 is 1.25 bits per heavy atom. The van der Waals surface area contributed by atoms with Crippen LogP contribution in [0.2, 0.25) is 0 Å². The first kappa shape index (κ1) is 16.5. The van der Waals surface area contributed by atoms with Crippen molar-refractivity contribution in [1.82, 2.24) is 10.3 Å². The number of ether oxygens (including phenoxy) is 2. The van der Waals surface area contributed by atoms with Crippen molar-refractivity contribution >= 4 is 39.0 Å². The van der Waals surface area contributed by atoms with E-state index in [1.165, 1.54) is 16.0 Å². The Balaban J connectivity index is 1.49. The van der Waals surface area contributed by atoms with Gasteiger partial charge in [0.1, 0.15) is 9.71 Å². The highest BCUT2D eigenvalue weighted by molar-refractivity contribution is 7.21. The molecule has 140 valence electrons. The summed E-state index contributed by atoms with van der Waals surface area (Å²) < 4.78 is 17.2. The molecule has 4 heterocycles. The van der Waals surface area contributed by atoms with E-state index in [1.807, 2.05) is 30.3 Å². The van der Waals surface area contributed by atoms with Crippen LogP contribution >= 0.6 is 11.3 Å². The van der Waals surface area contributed by atoms with Crippen LogP contribution < -0.4 is 25.2 Å². The molecular weight excluding hydrogens is 382 g/mol. The number of rotatable bonds is 3. The normalized spacial score (nSPS) is 12.5. The first-order valence-corrected chi connectivity index (χ1v) is 9.13. The minimum Gasteiger partial charge on any atom is -0.454 e. The van der Waals surface area contributed by atoms with Crippen LogP contribution in [0.1, 0.15) is 9.67 Å². The molecular formula is C18H14N5O4S+. The molecule has 0 aliphatic carbocycles. The maximum absolute atomic E-state index is 12.6. The number of carbonyl (C=O) groups excluding carboxylic acids is 1. The number of amides is 1. The standard InChI is InChI=1S/C18H13N5O4S/c1-23-7-14(27-22-23)21-17(24)16-15(19)10-3-4-11(20-18(10)28-16)9-2-5-12-13(6-9)26-8-25-12/h2-7H,8H2,1H3,(H2-,19,21,22,24)/p+1. The molecule has 5 rings (SSSR count). The largest absolute Gasteiger partial charge is 0.454 e. The van der Waals surface area contributed by atoms with Crippen LogP contribution in [0.25, 0.3) is 21.5 Å². The first-order chi connectivity index (χ1) is 13.6. The number of hydrogen-bond acceptors (Lipinski definition) is 8. The number of fused-ring (bicyclic) bond motifs is 2. The number of thiophene rings is 1. The third-order valence-electron chi connectivity index (χ3n) is 4.28. The number of hydrogen-bond donors (Lipinski definition) is 2. The Hall–Kier alpha value is -3.66. The van der Waals surface area contributed by atoms with Gasteiger partial charge in [0.2, 0.25) is 6.79 Å². The first-order valence-electron chi connectivity index (χ1n) is 8.31. The Kier molecular flexibility index (Phi) is 3.66. The Labute approximate surface area is 162 Å². The van der Waals surface area contributed by atoms with E-state index < -0.39 is 0 Å². The highest BCUT2D eigenvalue weighted by atomic mass is 32.1. The lowest BCUT2D eigenvalue weighted by molar-refractivity contribution is -0.739. The minimum absolute atomic E-state index is 0.217. The van der Waals surface area contributed by atoms with Crippen molar-refractivity contribution in [3.05, 3.63) is 41.4 Å². The molecule has 0 radical (unpaired) electrons.